The molecule has 0 fully saturated rings. The molecule has 3 nitrogen and oxygen atoms in total. The van der Waals surface area contributed by atoms with Crippen molar-refractivity contribution >= 4 is 40.6 Å². The molecule has 22 heavy (non-hydrogen) atoms. The molecular formula is C16H17ClN2OS2. The van der Waals surface area contributed by atoms with Gasteiger partial charge in [-0.25, -0.2) is 0 Å². The number of rotatable bonds is 4. The van der Waals surface area contributed by atoms with Crippen LogP contribution in [0, 0.1) is 0 Å². The van der Waals surface area contributed by atoms with E-state index in [0.29, 0.717) is 6.54 Å². The summed E-state index contributed by atoms with van der Waals surface area (Å²) in [5, 5.41) is 3.71. The number of likely N-dealkylation sites (N-methyl/N-ethyl adjacent to an activating group) is 1. The van der Waals surface area contributed by atoms with Gasteiger partial charge in [0.05, 0.1) is 4.88 Å². The molecular weight excluding hydrogens is 336 g/mol. The number of benzene rings is 1. The quantitative estimate of drug-likeness (QED) is 0.903. The van der Waals surface area contributed by atoms with Crippen LogP contribution < -0.4 is 5.32 Å². The molecule has 1 aliphatic rings. The van der Waals surface area contributed by atoms with Gasteiger partial charge in [-0.05, 0) is 43.9 Å². The first-order valence-electron chi connectivity index (χ1n) is 7.03. The minimum absolute atomic E-state index is 0.00910. The number of amides is 1. The minimum atomic E-state index is 0.00910. The molecule has 6 heteroatoms. The van der Waals surface area contributed by atoms with Gasteiger partial charge in [0.2, 0.25) is 0 Å². The first-order valence-corrected chi connectivity index (χ1v) is 9.21. The van der Waals surface area contributed by atoms with Crippen molar-refractivity contribution in [1.29, 1.82) is 0 Å². The molecule has 0 bridgehead atoms. The number of fused-ring (bicyclic) bond motifs is 3. The number of nitrogens with zero attached hydrogens (tertiary/aromatic N) is 1. The lowest BCUT2D eigenvalue weighted by molar-refractivity contribution is 0.0955. The average molecular weight is 353 g/mol. The van der Waals surface area contributed by atoms with E-state index in [-0.39, 0.29) is 5.91 Å². The fraction of sp³-hybridized carbons (Fsp3) is 0.312. The topological polar surface area (TPSA) is 32.3 Å². The van der Waals surface area contributed by atoms with E-state index in [1.54, 1.807) is 23.1 Å². The van der Waals surface area contributed by atoms with Crippen molar-refractivity contribution in [3.8, 4) is 10.4 Å². The van der Waals surface area contributed by atoms with E-state index in [9.17, 15) is 4.79 Å². The summed E-state index contributed by atoms with van der Waals surface area (Å²) >= 11 is 9.47. The molecule has 2 heterocycles. The lowest BCUT2D eigenvalue weighted by Gasteiger charge is -2.15. The van der Waals surface area contributed by atoms with Crippen LogP contribution in [0.4, 0.5) is 0 Å². The summed E-state index contributed by atoms with van der Waals surface area (Å²) in [4.78, 5) is 17.5. The zero-order chi connectivity index (χ0) is 15.7. The van der Waals surface area contributed by atoms with Crippen LogP contribution in [0.25, 0.3) is 10.4 Å². The molecule has 0 saturated heterocycles. The highest BCUT2D eigenvalue weighted by atomic mass is 35.5. The Morgan fingerprint density at radius 2 is 2.18 bits per heavy atom. The zero-order valence-corrected chi connectivity index (χ0v) is 14.9. The predicted octanol–water partition coefficient (Wildman–Crippen LogP) is 3.97. The molecule has 0 unspecified atom stereocenters. The van der Waals surface area contributed by atoms with Gasteiger partial charge >= 0.3 is 0 Å². The Morgan fingerprint density at radius 1 is 1.36 bits per heavy atom. The van der Waals surface area contributed by atoms with Crippen LogP contribution in [0.1, 0.15) is 15.2 Å². The molecule has 3 rings (SSSR count). The summed E-state index contributed by atoms with van der Waals surface area (Å²) in [5.74, 6) is 0.917. The monoisotopic (exact) mass is 352 g/mol. The molecule has 1 aliphatic heterocycles. The number of carbonyl (C=O) groups excluding carboxylic acids is 1. The number of thiophene rings is 1. The maximum atomic E-state index is 12.3. The van der Waals surface area contributed by atoms with E-state index in [2.05, 4.69) is 16.3 Å². The lowest BCUT2D eigenvalue weighted by atomic mass is 10.1. The molecule has 0 atom stereocenters. The highest BCUT2D eigenvalue weighted by Gasteiger charge is 2.22. The molecule has 0 aliphatic carbocycles. The SMILES string of the molecule is CN(C)CCNC(=O)c1cc2c(s1)-c1cc(Cl)ccc1SC2. The first kappa shape index (κ1) is 15.9. The number of nitrogens with one attached hydrogen (secondary N) is 1. The van der Waals surface area contributed by atoms with Crippen LogP contribution >= 0.6 is 34.7 Å². The van der Waals surface area contributed by atoms with Crippen LogP contribution in [-0.4, -0.2) is 38.0 Å². The standard InChI is InChI=1S/C16H17ClN2OS2/c1-19(2)6-5-18-16(20)14-7-10-9-21-13-4-3-11(17)8-12(13)15(10)22-14/h3-4,7-8H,5-6,9H2,1-2H3,(H,18,20). The summed E-state index contributed by atoms with van der Waals surface area (Å²) in [5.41, 5.74) is 2.37. The van der Waals surface area contributed by atoms with Crippen molar-refractivity contribution < 1.29 is 4.79 Å². The first-order chi connectivity index (χ1) is 10.5. The molecule has 0 radical (unpaired) electrons. The van der Waals surface area contributed by atoms with Crippen molar-refractivity contribution in [3.05, 3.63) is 39.7 Å². The van der Waals surface area contributed by atoms with Crippen molar-refractivity contribution in [2.75, 3.05) is 27.2 Å². The van der Waals surface area contributed by atoms with E-state index in [1.807, 2.05) is 32.3 Å². The molecule has 0 spiro atoms. The van der Waals surface area contributed by atoms with Gasteiger partial charge in [-0.2, -0.15) is 0 Å². The number of thioether (sulfide) groups is 1. The molecule has 1 aromatic heterocycles. The Bertz CT molecular complexity index is 712. The number of hydrogen-bond donors (Lipinski definition) is 1. The summed E-state index contributed by atoms with van der Waals surface area (Å²) in [6.45, 7) is 1.50. The second-order valence-corrected chi connectivity index (χ2v) is 7.96. The van der Waals surface area contributed by atoms with Crippen molar-refractivity contribution in [2.45, 2.75) is 10.6 Å². The highest BCUT2D eigenvalue weighted by molar-refractivity contribution is 7.98. The predicted molar refractivity (Wildman–Crippen MR) is 95.2 cm³/mol. The number of halogens is 1. The Hall–Kier alpha value is -1.01. The number of carbonyl (C=O) groups is 1. The van der Waals surface area contributed by atoms with E-state index in [4.69, 9.17) is 11.6 Å². The summed E-state index contributed by atoms with van der Waals surface area (Å²) in [6.07, 6.45) is 0. The largest absolute Gasteiger partial charge is 0.350 e. The molecule has 1 N–H and O–H groups in total. The van der Waals surface area contributed by atoms with Crippen molar-refractivity contribution in [2.24, 2.45) is 0 Å². The summed E-state index contributed by atoms with van der Waals surface area (Å²) in [6, 6.07) is 7.98. The van der Waals surface area contributed by atoms with Gasteiger partial charge in [0.15, 0.2) is 0 Å². The summed E-state index contributed by atoms with van der Waals surface area (Å²) in [7, 11) is 3.99. The van der Waals surface area contributed by atoms with Crippen LogP contribution in [0.3, 0.4) is 0 Å². The fourth-order valence-corrected chi connectivity index (χ4v) is 4.79. The Morgan fingerprint density at radius 3 is 2.95 bits per heavy atom. The van der Waals surface area contributed by atoms with Crippen molar-refractivity contribution in [3.63, 3.8) is 0 Å². The maximum absolute atomic E-state index is 12.3. The Kier molecular flexibility index (Phi) is 4.78. The van der Waals surface area contributed by atoms with Gasteiger partial charge in [0.25, 0.3) is 5.91 Å². The third-order valence-electron chi connectivity index (χ3n) is 3.45. The lowest BCUT2D eigenvalue weighted by Crippen LogP contribution is -2.30. The van der Waals surface area contributed by atoms with Crippen LogP contribution in [0.5, 0.6) is 0 Å². The van der Waals surface area contributed by atoms with Gasteiger partial charge in [-0.3, -0.25) is 4.79 Å². The second kappa shape index (κ2) is 6.62. The molecule has 2 aromatic rings. The minimum Gasteiger partial charge on any atom is -0.350 e. The van der Waals surface area contributed by atoms with Gasteiger partial charge in [0, 0.05) is 39.2 Å². The summed E-state index contributed by atoms with van der Waals surface area (Å²) < 4.78 is 0. The second-order valence-electron chi connectivity index (χ2n) is 5.45. The zero-order valence-electron chi connectivity index (χ0n) is 12.5. The van der Waals surface area contributed by atoms with Gasteiger partial charge in [0.1, 0.15) is 0 Å². The van der Waals surface area contributed by atoms with Gasteiger partial charge in [-0.1, -0.05) is 11.6 Å². The van der Waals surface area contributed by atoms with E-state index < -0.39 is 0 Å². The van der Waals surface area contributed by atoms with Gasteiger partial charge < -0.3 is 10.2 Å². The molecule has 1 aromatic carbocycles. The molecule has 0 saturated carbocycles. The Labute approximate surface area is 143 Å². The molecule has 116 valence electrons. The fourth-order valence-electron chi connectivity index (χ4n) is 2.32. The third kappa shape index (κ3) is 3.33. The van der Waals surface area contributed by atoms with Gasteiger partial charge in [-0.15, -0.1) is 23.1 Å². The van der Waals surface area contributed by atoms with E-state index >= 15 is 0 Å². The average Bonchev–Trinajstić information content (AvgIpc) is 2.91. The highest BCUT2D eigenvalue weighted by Crippen LogP contribution is 2.46. The van der Waals surface area contributed by atoms with Crippen molar-refractivity contribution in [1.82, 2.24) is 10.2 Å². The number of hydrogen-bond acceptors (Lipinski definition) is 4. The van der Waals surface area contributed by atoms with Crippen LogP contribution in [-0.2, 0) is 5.75 Å². The van der Waals surface area contributed by atoms with E-state index in [0.717, 1.165) is 27.8 Å². The molecule has 1 amide bonds. The van der Waals surface area contributed by atoms with Crippen LogP contribution in [0.2, 0.25) is 5.02 Å². The smallest absolute Gasteiger partial charge is 0.261 e. The normalized spacial score (nSPS) is 12.9. The van der Waals surface area contributed by atoms with Crippen LogP contribution in [0.15, 0.2) is 29.2 Å². The van der Waals surface area contributed by atoms with E-state index in [1.165, 1.54) is 15.3 Å². The third-order valence-corrected chi connectivity index (χ3v) is 6.01. The Balaban J connectivity index is 1.82. The maximum Gasteiger partial charge on any atom is 0.261 e.